The van der Waals surface area contributed by atoms with Crippen molar-refractivity contribution >= 4 is 17.3 Å². The fraction of sp³-hybridized carbons (Fsp3) is 0.321. The molecule has 1 saturated carbocycles. The number of rotatable bonds is 10. The molecule has 3 N–H and O–H groups in total. The number of nitro groups is 1. The van der Waals surface area contributed by atoms with Gasteiger partial charge >= 0.3 is 0 Å². The van der Waals surface area contributed by atoms with E-state index in [4.69, 9.17) is 9.47 Å². The molecular weight excluding hydrogens is 474 g/mol. The van der Waals surface area contributed by atoms with Crippen LogP contribution in [-0.2, 0) is 13.2 Å². The zero-order valence-corrected chi connectivity index (χ0v) is 20.7. The van der Waals surface area contributed by atoms with Gasteiger partial charge in [-0.05, 0) is 55.0 Å². The van der Waals surface area contributed by atoms with Gasteiger partial charge in [0.15, 0.2) is 11.5 Å². The Morgan fingerprint density at radius 1 is 1.00 bits per heavy atom. The van der Waals surface area contributed by atoms with Crippen LogP contribution in [-0.4, -0.2) is 35.2 Å². The van der Waals surface area contributed by atoms with Crippen molar-refractivity contribution in [1.29, 1.82) is 0 Å². The summed E-state index contributed by atoms with van der Waals surface area (Å²) in [5.74, 6) is 0.702. The van der Waals surface area contributed by atoms with Crippen molar-refractivity contribution in [3.05, 3.63) is 93.5 Å². The lowest BCUT2D eigenvalue weighted by Gasteiger charge is -2.27. The number of methoxy groups -OCH3 is 1. The standard InChI is InChI=1S/C28H31N3O6/c1-36-26-14-7-20(15-27(26)37-18-19-5-3-2-4-6-19)17-29-28(33)24-16-22(31(34)35)10-13-25(24)30-21-8-11-23(32)12-9-21/h2-7,10,13-16,21,23,30,32H,8-9,11-12,17-18H2,1H3,(H,29,33)/t21-,23+. The van der Waals surface area contributed by atoms with Crippen molar-refractivity contribution in [2.24, 2.45) is 0 Å². The third-order valence-electron chi connectivity index (χ3n) is 6.43. The molecule has 0 heterocycles. The smallest absolute Gasteiger partial charge is 0.270 e. The highest BCUT2D eigenvalue weighted by atomic mass is 16.6. The Hall–Kier alpha value is -4.11. The number of aliphatic hydroxyl groups excluding tert-OH is 1. The number of carbonyl (C=O) groups excluding carboxylic acids is 1. The van der Waals surface area contributed by atoms with Gasteiger partial charge in [0.2, 0.25) is 0 Å². The molecule has 194 valence electrons. The normalized spacial score (nSPS) is 17.0. The number of hydrogen-bond donors (Lipinski definition) is 3. The molecule has 0 aromatic heterocycles. The molecule has 1 aliphatic rings. The van der Waals surface area contributed by atoms with Gasteiger partial charge in [-0.3, -0.25) is 14.9 Å². The number of nitrogens with zero attached hydrogens (tertiary/aromatic N) is 1. The third kappa shape index (κ3) is 6.98. The van der Waals surface area contributed by atoms with E-state index in [1.807, 2.05) is 42.5 Å². The van der Waals surface area contributed by atoms with Crippen LogP contribution < -0.4 is 20.1 Å². The maximum absolute atomic E-state index is 13.2. The highest BCUT2D eigenvalue weighted by Gasteiger charge is 2.23. The minimum absolute atomic E-state index is 0.0855. The van der Waals surface area contributed by atoms with Crippen LogP contribution >= 0.6 is 0 Å². The lowest BCUT2D eigenvalue weighted by molar-refractivity contribution is -0.384. The van der Waals surface area contributed by atoms with E-state index < -0.39 is 10.8 Å². The molecule has 3 aromatic rings. The molecule has 0 atom stereocenters. The Labute approximate surface area is 215 Å². The number of aliphatic hydroxyl groups is 1. The summed E-state index contributed by atoms with van der Waals surface area (Å²) in [5.41, 5.74) is 2.39. The van der Waals surface area contributed by atoms with E-state index >= 15 is 0 Å². The minimum atomic E-state index is -0.517. The molecule has 0 saturated heterocycles. The van der Waals surface area contributed by atoms with Gasteiger partial charge in [-0.15, -0.1) is 0 Å². The SMILES string of the molecule is COc1ccc(CNC(=O)c2cc([N+](=O)[O-])ccc2N[C@H]2CC[C@@H](O)CC2)cc1OCc1ccccc1. The number of carbonyl (C=O) groups is 1. The number of non-ortho nitro benzene ring substituents is 1. The number of hydrogen-bond acceptors (Lipinski definition) is 7. The molecule has 0 aliphatic heterocycles. The van der Waals surface area contributed by atoms with E-state index in [0.717, 1.165) is 24.0 Å². The molecule has 4 rings (SSSR count). The molecule has 37 heavy (non-hydrogen) atoms. The topological polar surface area (TPSA) is 123 Å². The minimum Gasteiger partial charge on any atom is -0.493 e. The molecule has 0 bridgehead atoms. The number of benzene rings is 3. The summed E-state index contributed by atoms with van der Waals surface area (Å²) in [4.78, 5) is 24.0. The predicted octanol–water partition coefficient (Wildman–Crippen LogP) is 4.83. The van der Waals surface area contributed by atoms with Gasteiger partial charge in [-0.2, -0.15) is 0 Å². The largest absolute Gasteiger partial charge is 0.493 e. The summed E-state index contributed by atoms with van der Waals surface area (Å²) in [6, 6.07) is 19.5. The van der Waals surface area contributed by atoms with E-state index in [-0.39, 0.29) is 29.9 Å². The number of nitrogens with one attached hydrogen (secondary N) is 2. The number of amides is 1. The van der Waals surface area contributed by atoms with E-state index in [2.05, 4.69) is 10.6 Å². The van der Waals surface area contributed by atoms with Crippen molar-refractivity contribution in [3.63, 3.8) is 0 Å². The molecule has 1 fully saturated rings. The highest BCUT2D eigenvalue weighted by molar-refractivity contribution is 6.00. The molecule has 1 aliphatic carbocycles. The molecular formula is C28H31N3O6. The van der Waals surface area contributed by atoms with Gasteiger partial charge in [0.1, 0.15) is 6.61 Å². The second-order valence-electron chi connectivity index (χ2n) is 9.08. The fourth-order valence-corrected chi connectivity index (χ4v) is 4.36. The van der Waals surface area contributed by atoms with Gasteiger partial charge < -0.3 is 25.2 Å². The van der Waals surface area contributed by atoms with Gasteiger partial charge in [-0.25, -0.2) is 0 Å². The van der Waals surface area contributed by atoms with E-state index in [0.29, 0.717) is 36.6 Å². The summed E-state index contributed by atoms with van der Waals surface area (Å²) in [6.07, 6.45) is 2.58. The van der Waals surface area contributed by atoms with Crippen LogP contribution in [0.25, 0.3) is 0 Å². The quantitative estimate of drug-likeness (QED) is 0.266. The maximum atomic E-state index is 13.2. The van der Waals surface area contributed by atoms with Crippen LogP contribution in [0.5, 0.6) is 11.5 Å². The average Bonchev–Trinajstić information content (AvgIpc) is 2.92. The maximum Gasteiger partial charge on any atom is 0.270 e. The summed E-state index contributed by atoms with van der Waals surface area (Å²) in [7, 11) is 1.57. The Bertz CT molecular complexity index is 1230. The lowest BCUT2D eigenvalue weighted by atomic mass is 9.92. The summed E-state index contributed by atoms with van der Waals surface area (Å²) < 4.78 is 11.4. The van der Waals surface area contributed by atoms with Crippen molar-refractivity contribution in [2.75, 3.05) is 12.4 Å². The van der Waals surface area contributed by atoms with Crippen LogP contribution in [0, 0.1) is 10.1 Å². The van der Waals surface area contributed by atoms with Crippen molar-refractivity contribution in [2.45, 2.75) is 51.0 Å². The van der Waals surface area contributed by atoms with Crippen LogP contribution in [0.3, 0.4) is 0 Å². The zero-order chi connectivity index (χ0) is 26.2. The first-order valence-corrected chi connectivity index (χ1v) is 12.3. The van der Waals surface area contributed by atoms with Crippen LogP contribution in [0.15, 0.2) is 66.7 Å². The summed E-state index contributed by atoms with van der Waals surface area (Å²) >= 11 is 0. The van der Waals surface area contributed by atoms with Crippen LogP contribution in [0.4, 0.5) is 11.4 Å². The Morgan fingerprint density at radius 2 is 1.76 bits per heavy atom. The lowest BCUT2D eigenvalue weighted by Crippen LogP contribution is -2.30. The molecule has 1 amide bonds. The molecule has 9 heteroatoms. The van der Waals surface area contributed by atoms with Gasteiger partial charge in [0.05, 0.1) is 23.7 Å². The van der Waals surface area contributed by atoms with Crippen molar-refractivity contribution < 1.29 is 24.3 Å². The number of nitro benzene ring substituents is 1. The zero-order valence-electron chi connectivity index (χ0n) is 20.7. The summed E-state index contributed by atoms with van der Waals surface area (Å²) in [5, 5.41) is 27.3. The first-order chi connectivity index (χ1) is 17.9. The molecule has 9 nitrogen and oxygen atoms in total. The van der Waals surface area contributed by atoms with Crippen LogP contribution in [0.2, 0.25) is 0 Å². The molecule has 0 radical (unpaired) electrons. The first kappa shape index (κ1) is 26.0. The average molecular weight is 506 g/mol. The molecule has 0 unspecified atom stereocenters. The van der Waals surface area contributed by atoms with Crippen molar-refractivity contribution in [1.82, 2.24) is 5.32 Å². The van der Waals surface area contributed by atoms with E-state index in [1.165, 1.54) is 12.1 Å². The number of anilines is 1. The molecule has 3 aromatic carbocycles. The van der Waals surface area contributed by atoms with Crippen LogP contribution in [0.1, 0.15) is 47.2 Å². The fourth-order valence-electron chi connectivity index (χ4n) is 4.36. The van der Waals surface area contributed by atoms with Gasteiger partial charge in [0, 0.05) is 30.4 Å². The Morgan fingerprint density at radius 3 is 2.46 bits per heavy atom. The van der Waals surface area contributed by atoms with E-state index in [1.54, 1.807) is 19.2 Å². The predicted molar refractivity (Wildman–Crippen MR) is 140 cm³/mol. The van der Waals surface area contributed by atoms with Gasteiger partial charge in [-0.1, -0.05) is 36.4 Å². The third-order valence-corrected chi connectivity index (χ3v) is 6.43. The molecule has 0 spiro atoms. The second-order valence-corrected chi connectivity index (χ2v) is 9.08. The van der Waals surface area contributed by atoms with Crippen molar-refractivity contribution in [3.8, 4) is 11.5 Å². The number of ether oxygens (including phenoxy) is 2. The first-order valence-electron chi connectivity index (χ1n) is 12.3. The Balaban J connectivity index is 1.46. The Kier molecular flexibility index (Phi) is 8.58. The van der Waals surface area contributed by atoms with Gasteiger partial charge in [0.25, 0.3) is 11.6 Å². The monoisotopic (exact) mass is 505 g/mol. The van der Waals surface area contributed by atoms with E-state index in [9.17, 15) is 20.0 Å². The highest BCUT2D eigenvalue weighted by Crippen LogP contribution is 2.30. The summed E-state index contributed by atoms with van der Waals surface area (Å²) in [6.45, 7) is 0.566. The second kappa shape index (κ2) is 12.2.